The summed E-state index contributed by atoms with van der Waals surface area (Å²) in [7, 11) is 0. The molecule has 0 aromatic heterocycles. The van der Waals surface area contributed by atoms with Gasteiger partial charge < -0.3 is 15.3 Å². The van der Waals surface area contributed by atoms with E-state index in [0.717, 1.165) is 0 Å². The molecule has 102 valence electrons. The van der Waals surface area contributed by atoms with Gasteiger partial charge in [0.25, 0.3) is 0 Å². The Morgan fingerprint density at radius 2 is 2.06 bits per heavy atom. The summed E-state index contributed by atoms with van der Waals surface area (Å²) in [6, 6.07) is 0. The predicted molar refractivity (Wildman–Crippen MR) is 64.9 cm³/mol. The molecule has 0 aromatic carbocycles. The van der Waals surface area contributed by atoms with Crippen molar-refractivity contribution in [3.05, 3.63) is 0 Å². The minimum absolute atomic E-state index is 0.00154. The number of carbonyl (C=O) groups is 3. The third-order valence-corrected chi connectivity index (χ3v) is 3.04. The number of carboxylic acids is 1. The number of hydrogen-bond donors (Lipinski definition) is 2. The number of hydrogen-bond acceptors (Lipinski definition) is 3. The van der Waals surface area contributed by atoms with Crippen molar-refractivity contribution in [3.8, 4) is 0 Å². The lowest BCUT2D eigenvalue weighted by molar-refractivity contribution is -0.137. The molecule has 18 heavy (non-hydrogen) atoms. The fourth-order valence-electron chi connectivity index (χ4n) is 2.07. The summed E-state index contributed by atoms with van der Waals surface area (Å²) in [6.45, 7) is 3.51. The van der Waals surface area contributed by atoms with E-state index in [4.69, 9.17) is 5.11 Å². The highest BCUT2D eigenvalue weighted by molar-refractivity contribution is 5.82. The highest BCUT2D eigenvalue weighted by Crippen LogP contribution is 2.17. The van der Waals surface area contributed by atoms with Crippen molar-refractivity contribution in [3.63, 3.8) is 0 Å². The van der Waals surface area contributed by atoms with Crippen molar-refractivity contribution in [1.82, 2.24) is 10.2 Å². The largest absolute Gasteiger partial charge is 0.481 e. The molecule has 0 spiro atoms. The molecule has 1 atom stereocenters. The van der Waals surface area contributed by atoms with E-state index in [1.807, 2.05) is 6.92 Å². The van der Waals surface area contributed by atoms with Crippen LogP contribution in [0.25, 0.3) is 0 Å². The van der Waals surface area contributed by atoms with E-state index in [2.05, 4.69) is 5.32 Å². The van der Waals surface area contributed by atoms with Crippen molar-refractivity contribution in [2.45, 2.75) is 32.6 Å². The second-order valence-corrected chi connectivity index (χ2v) is 4.47. The Morgan fingerprint density at radius 1 is 1.33 bits per heavy atom. The molecule has 6 nitrogen and oxygen atoms in total. The molecule has 2 N–H and O–H groups in total. The van der Waals surface area contributed by atoms with Crippen LogP contribution in [0.3, 0.4) is 0 Å². The molecular formula is C12H20N2O4. The normalized spacial score (nSPS) is 18.7. The Hall–Kier alpha value is -1.59. The van der Waals surface area contributed by atoms with Gasteiger partial charge in [-0.15, -0.1) is 0 Å². The number of aliphatic carboxylic acids is 1. The van der Waals surface area contributed by atoms with E-state index >= 15 is 0 Å². The zero-order chi connectivity index (χ0) is 13.5. The third kappa shape index (κ3) is 4.35. The smallest absolute Gasteiger partial charge is 0.303 e. The van der Waals surface area contributed by atoms with E-state index in [9.17, 15) is 14.4 Å². The predicted octanol–water partition coefficient (Wildman–Crippen LogP) is 0.226. The van der Waals surface area contributed by atoms with Gasteiger partial charge in [-0.05, 0) is 19.8 Å². The molecule has 2 amide bonds. The average molecular weight is 256 g/mol. The molecule has 0 aromatic rings. The molecule has 1 saturated heterocycles. The zero-order valence-electron chi connectivity index (χ0n) is 10.6. The van der Waals surface area contributed by atoms with Crippen LogP contribution >= 0.6 is 0 Å². The number of amides is 2. The summed E-state index contributed by atoms with van der Waals surface area (Å²) in [5.41, 5.74) is 0. The first-order chi connectivity index (χ1) is 8.54. The second-order valence-electron chi connectivity index (χ2n) is 4.47. The number of nitrogens with zero attached hydrogens (tertiary/aromatic N) is 1. The monoisotopic (exact) mass is 256 g/mol. The van der Waals surface area contributed by atoms with Gasteiger partial charge in [0.05, 0.1) is 5.92 Å². The number of nitrogens with one attached hydrogen (secondary N) is 1. The van der Waals surface area contributed by atoms with Crippen LogP contribution in [0.1, 0.15) is 32.6 Å². The van der Waals surface area contributed by atoms with E-state index < -0.39 is 5.97 Å². The van der Waals surface area contributed by atoms with Crippen LogP contribution < -0.4 is 5.32 Å². The van der Waals surface area contributed by atoms with Crippen LogP contribution in [0.2, 0.25) is 0 Å². The lowest BCUT2D eigenvalue weighted by Gasteiger charge is -2.16. The molecule has 0 saturated carbocycles. The third-order valence-electron chi connectivity index (χ3n) is 3.04. The average Bonchev–Trinajstić information content (AvgIpc) is 2.78. The van der Waals surface area contributed by atoms with Crippen LogP contribution in [0.5, 0.6) is 0 Å². The fourth-order valence-corrected chi connectivity index (χ4v) is 2.07. The first-order valence-electron chi connectivity index (χ1n) is 6.31. The Labute approximate surface area is 106 Å². The highest BCUT2D eigenvalue weighted by Gasteiger charge is 2.30. The second kappa shape index (κ2) is 6.98. The molecule has 1 aliphatic rings. The maximum Gasteiger partial charge on any atom is 0.303 e. The van der Waals surface area contributed by atoms with Crippen molar-refractivity contribution in [2.75, 3.05) is 19.6 Å². The summed E-state index contributed by atoms with van der Waals surface area (Å²) in [5, 5.41) is 11.2. The van der Waals surface area contributed by atoms with Gasteiger partial charge in [-0.2, -0.15) is 0 Å². The molecule has 0 radical (unpaired) electrons. The van der Waals surface area contributed by atoms with Crippen LogP contribution in [0.4, 0.5) is 0 Å². The Balaban J connectivity index is 2.30. The van der Waals surface area contributed by atoms with E-state index in [1.54, 1.807) is 4.90 Å². The van der Waals surface area contributed by atoms with E-state index in [-0.39, 0.29) is 30.6 Å². The molecule has 1 rings (SSSR count). The van der Waals surface area contributed by atoms with Crippen LogP contribution in [-0.4, -0.2) is 47.4 Å². The fraction of sp³-hybridized carbons (Fsp3) is 0.750. The number of likely N-dealkylation sites (tertiary alicyclic amines) is 1. The lowest BCUT2D eigenvalue weighted by Crippen LogP contribution is -2.34. The number of carboxylic acid groups (broad SMARTS) is 1. The molecule has 1 aliphatic heterocycles. The summed E-state index contributed by atoms with van der Waals surface area (Å²) in [6.07, 6.45) is 1.31. The maximum absolute atomic E-state index is 11.8. The maximum atomic E-state index is 11.8. The minimum atomic E-state index is -0.885. The van der Waals surface area contributed by atoms with Crippen LogP contribution in [-0.2, 0) is 14.4 Å². The minimum Gasteiger partial charge on any atom is -0.481 e. The first-order valence-corrected chi connectivity index (χ1v) is 6.31. The molecule has 6 heteroatoms. The van der Waals surface area contributed by atoms with Gasteiger partial charge in [-0.3, -0.25) is 14.4 Å². The van der Waals surface area contributed by atoms with Gasteiger partial charge in [-0.1, -0.05) is 0 Å². The molecule has 0 bridgehead atoms. The molecule has 0 aliphatic carbocycles. The standard InChI is InChI=1S/C12H20N2O4/c1-2-13-12(18)9-6-7-14(8-9)10(15)4-3-5-11(16)17/h9H,2-8H2,1H3,(H,13,18)(H,16,17)/t9-/m0/s1. The molecule has 0 unspecified atom stereocenters. The van der Waals surface area contributed by atoms with Crippen molar-refractivity contribution >= 4 is 17.8 Å². The van der Waals surface area contributed by atoms with Crippen molar-refractivity contribution < 1.29 is 19.5 Å². The topological polar surface area (TPSA) is 86.7 Å². The summed E-state index contributed by atoms with van der Waals surface area (Å²) in [5.74, 6) is -1.06. The summed E-state index contributed by atoms with van der Waals surface area (Å²) < 4.78 is 0. The Kier molecular flexibility index (Phi) is 5.61. The van der Waals surface area contributed by atoms with E-state index in [1.165, 1.54) is 0 Å². The molecule has 1 fully saturated rings. The van der Waals surface area contributed by atoms with Gasteiger partial charge in [-0.25, -0.2) is 0 Å². The van der Waals surface area contributed by atoms with Crippen molar-refractivity contribution in [1.29, 1.82) is 0 Å². The van der Waals surface area contributed by atoms with E-state index in [0.29, 0.717) is 32.5 Å². The van der Waals surface area contributed by atoms with Gasteiger partial charge >= 0.3 is 5.97 Å². The zero-order valence-corrected chi connectivity index (χ0v) is 10.6. The highest BCUT2D eigenvalue weighted by atomic mass is 16.4. The quantitative estimate of drug-likeness (QED) is 0.712. The van der Waals surface area contributed by atoms with Gasteiger partial charge in [0.15, 0.2) is 0 Å². The van der Waals surface area contributed by atoms with Gasteiger partial charge in [0.2, 0.25) is 11.8 Å². The van der Waals surface area contributed by atoms with Crippen LogP contribution in [0.15, 0.2) is 0 Å². The summed E-state index contributed by atoms with van der Waals surface area (Å²) in [4.78, 5) is 35.3. The van der Waals surface area contributed by atoms with Gasteiger partial charge in [0, 0.05) is 32.5 Å². The number of rotatable bonds is 6. The SMILES string of the molecule is CCNC(=O)[C@H]1CCN(C(=O)CCCC(=O)O)C1. The Morgan fingerprint density at radius 3 is 2.67 bits per heavy atom. The Bertz CT molecular complexity index is 330. The molecular weight excluding hydrogens is 236 g/mol. The first kappa shape index (κ1) is 14.5. The number of carbonyl (C=O) groups excluding carboxylic acids is 2. The van der Waals surface area contributed by atoms with Gasteiger partial charge in [0.1, 0.15) is 0 Å². The van der Waals surface area contributed by atoms with Crippen LogP contribution in [0, 0.1) is 5.92 Å². The lowest BCUT2D eigenvalue weighted by atomic mass is 10.1. The van der Waals surface area contributed by atoms with Crippen molar-refractivity contribution in [2.24, 2.45) is 5.92 Å². The molecule has 1 heterocycles. The summed E-state index contributed by atoms with van der Waals surface area (Å²) >= 11 is 0.